The van der Waals surface area contributed by atoms with E-state index in [2.05, 4.69) is 10.3 Å². The standard InChI is InChI=1S/C12H17N3O3/c1-12(2,7-6-10(16)17)15-9-5-3-4-8(14-9)11(13)18/h3-5H,6-7H2,1-2H3,(H2,13,18)(H,14,15)(H,16,17). The van der Waals surface area contributed by atoms with E-state index in [1.807, 2.05) is 13.8 Å². The van der Waals surface area contributed by atoms with E-state index in [9.17, 15) is 9.59 Å². The molecule has 1 aromatic heterocycles. The highest BCUT2D eigenvalue weighted by molar-refractivity contribution is 5.91. The molecule has 1 heterocycles. The van der Waals surface area contributed by atoms with Crippen LogP contribution >= 0.6 is 0 Å². The second-order valence-corrected chi connectivity index (χ2v) is 4.67. The zero-order valence-corrected chi connectivity index (χ0v) is 10.4. The quantitative estimate of drug-likeness (QED) is 0.705. The van der Waals surface area contributed by atoms with Gasteiger partial charge in [0.25, 0.3) is 5.91 Å². The zero-order valence-electron chi connectivity index (χ0n) is 10.4. The van der Waals surface area contributed by atoms with Gasteiger partial charge >= 0.3 is 5.97 Å². The van der Waals surface area contributed by atoms with Gasteiger partial charge in [0, 0.05) is 12.0 Å². The molecule has 0 fully saturated rings. The lowest BCUT2D eigenvalue weighted by Gasteiger charge is -2.26. The maximum absolute atomic E-state index is 11.0. The fourth-order valence-corrected chi connectivity index (χ4v) is 1.47. The van der Waals surface area contributed by atoms with Gasteiger partial charge in [0.05, 0.1) is 0 Å². The maximum Gasteiger partial charge on any atom is 0.303 e. The van der Waals surface area contributed by atoms with E-state index < -0.39 is 17.4 Å². The van der Waals surface area contributed by atoms with Gasteiger partial charge in [-0.05, 0) is 32.4 Å². The van der Waals surface area contributed by atoms with Crippen LogP contribution in [0.1, 0.15) is 37.2 Å². The van der Waals surface area contributed by atoms with Gasteiger partial charge in [-0.1, -0.05) is 6.07 Å². The number of rotatable bonds is 6. The van der Waals surface area contributed by atoms with Gasteiger partial charge in [-0.3, -0.25) is 9.59 Å². The summed E-state index contributed by atoms with van der Waals surface area (Å²) in [5, 5.41) is 11.7. The van der Waals surface area contributed by atoms with Crippen molar-refractivity contribution >= 4 is 17.7 Å². The largest absolute Gasteiger partial charge is 0.481 e. The van der Waals surface area contributed by atoms with Crippen LogP contribution in [0.2, 0.25) is 0 Å². The minimum atomic E-state index is -0.844. The molecule has 0 aliphatic heterocycles. The third-order valence-electron chi connectivity index (χ3n) is 2.43. The molecule has 0 atom stereocenters. The van der Waals surface area contributed by atoms with E-state index in [0.717, 1.165) is 0 Å². The van der Waals surface area contributed by atoms with Crippen molar-refractivity contribution in [1.82, 2.24) is 4.98 Å². The molecule has 1 rings (SSSR count). The Morgan fingerprint density at radius 1 is 1.44 bits per heavy atom. The Kier molecular flexibility index (Phi) is 4.25. The summed E-state index contributed by atoms with van der Waals surface area (Å²) in [5.74, 6) is -0.938. The van der Waals surface area contributed by atoms with Crippen LogP contribution in [-0.2, 0) is 4.79 Å². The number of nitrogens with two attached hydrogens (primary N) is 1. The Morgan fingerprint density at radius 3 is 2.67 bits per heavy atom. The van der Waals surface area contributed by atoms with Crippen molar-refractivity contribution in [3.8, 4) is 0 Å². The van der Waals surface area contributed by atoms with Gasteiger partial charge < -0.3 is 16.2 Å². The normalized spacial score (nSPS) is 11.0. The SMILES string of the molecule is CC(C)(CCC(=O)O)Nc1cccc(C(N)=O)n1. The molecule has 1 aromatic rings. The van der Waals surface area contributed by atoms with Crippen molar-refractivity contribution in [1.29, 1.82) is 0 Å². The fourth-order valence-electron chi connectivity index (χ4n) is 1.47. The van der Waals surface area contributed by atoms with Crippen molar-refractivity contribution in [2.45, 2.75) is 32.2 Å². The predicted octanol–water partition coefficient (Wildman–Crippen LogP) is 1.24. The number of aliphatic carboxylic acids is 1. The molecule has 0 aliphatic rings. The molecule has 1 amide bonds. The third kappa shape index (κ3) is 4.40. The van der Waals surface area contributed by atoms with Crippen LogP contribution in [0.15, 0.2) is 18.2 Å². The number of carboxylic acid groups (broad SMARTS) is 1. The van der Waals surface area contributed by atoms with E-state index in [1.54, 1.807) is 12.1 Å². The van der Waals surface area contributed by atoms with Crippen LogP contribution in [0, 0.1) is 0 Å². The van der Waals surface area contributed by atoms with E-state index in [-0.39, 0.29) is 12.1 Å². The maximum atomic E-state index is 11.0. The highest BCUT2D eigenvalue weighted by Gasteiger charge is 2.19. The molecule has 0 unspecified atom stereocenters. The fraction of sp³-hybridized carbons (Fsp3) is 0.417. The van der Waals surface area contributed by atoms with Gasteiger partial charge in [-0.2, -0.15) is 0 Å². The molecule has 4 N–H and O–H groups in total. The summed E-state index contributed by atoms with van der Waals surface area (Å²) in [6, 6.07) is 4.90. The first-order valence-corrected chi connectivity index (χ1v) is 5.57. The topological polar surface area (TPSA) is 105 Å². The van der Waals surface area contributed by atoms with Crippen molar-refractivity contribution < 1.29 is 14.7 Å². The summed E-state index contributed by atoms with van der Waals surface area (Å²) in [6.45, 7) is 3.74. The van der Waals surface area contributed by atoms with Gasteiger partial charge in [-0.25, -0.2) is 4.98 Å². The molecule has 0 bridgehead atoms. The molecular formula is C12H17N3O3. The van der Waals surface area contributed by atoms with Gasteiger partial charge in [-0.15, -0.1) is 0 Å². The number of primary amides is 1. The lowest BCUT2D eigenvalue weighted by molar-refractivity contribution is -0.137. The van der Waals surface area contributed by atoms with E-state index in [1.165, 1.54) is 6.07 Å². The number of amides is 1. The summed E-state index contributed by atoms with van der Waals surface area (Å²) >= 11 is 0. The highest BCUT2D eigenvalue weighted by atomic mass is 16.4. The zero-order chi connectivity index (χ0) is 13.8. The second-order valence-electron chi connectivity index (χ2n) is 4.67. The number of carboxylic acids is 1. The number of anilines is 1. The average molecular weight is 251 g/mol. The minimum Gasteiger partial charge on any atom is -0.481 e. The first-order valence-electron chi connectivity index (χ1n) is 5.57. The van der Waals surface area contributed by atoms with Crippen LogP contribution in [0.5, 0.6) is 0 Å². The summed E-state index contributed by atoms with van der Waals surface area (Å²) < 4.78 is 0. The smallest absolute Gasteiger partial charge is 0.303 e. The lowest BCUT2D eigenvalue weighted by Crippen LogP contribution is -2.32. The monoisotopic (exact) mass is 251 g/mol. The Morgan fingerprint density at radius 2 is 2.11 bits per heavy atom. The number of hydrogen-bond donors (Lipinski definition) is 3. The average Bonchev–Trinajstić information content (AvgIpc) is 2.26. The molecule has 6 nitrogen and oxygen atoms in total. The van der Waals surface area contributed by atoms with Crippen LogP contribution < -0.4 is 11.1 Å². The molecular weight excluding hydrogens is 234 g/mol. The summed E-state index contributed by atoms with van der Waals surface area (Å²) in [6.07, 6.45) is 0.514. The molecule has 6 heteroatoms. The number of nitrogens with one attached hydrogen (secondary N) is 1. The molecule has 0 saturated carbocycles. The number of carbonyl (C=O) groups is 2. The van der Waals surface area contributed by atoms with Crippen LogP contribution in [0.4, 0.5) is 5.82 Å². The number of aromatic nitrogens is 1. The van der Waals surface area contributed by atoms with Gasteiger partial charge in [0.1, 0.15) is 11.5 Å². The molecule has 0 saturated heterocycles. The molecule has 0 spiro atoms. The molecule has 0 aromatic carbocycles. The van der Waals surface area contributed by atoms with Crippen LogP contribution in [0.3, 0.4) is 0 Å². The molecule has 0 radical (unpaired) electrons. The Bertz CT molecular complexity index is 458. The van der Waals surface area contributed by atoms with E-state index >= 15 is 0 Å². The number of hydrogen-bond acceptors (Lipinski definition) is 4. The van der Waals surface area contributed by atoms with Crippen molar-refractivity contribution in [3.63, 3.8) is 0 Å². The Balaban J connectivity index is 2.74. The second kappa shape index (κ2) is 5.48. The summed E-state index contributed by atoms with van der Waals surface area (Å²) in [7, 11) is 0. The Hall–Kier alpha value is -2.11. The molecule has 98 valence electrons. The molecule has 18 heavy (non-hydrogen) atoms. The van der Waals surface area contributed by atoms with Gasteiger partial charge in [0.15, 0.2) is 0 Å². The van der Waals surface area contributed by atoms with Crippen LogP contribution in [0.25, 0.3) is 0 Å². The third-order valence-corrected chi connectivity index (χ3v) is 2.43. The lowest BCUT2D eigenvalue weighted by atomic mass is 9.98. The van der Waals surface area contributed by atoms with Crippen molar-refractivity contribution in [3.05, 3.63) is 23.9 Å². The van der Waals surface area contributed by atoms with E-state index in [4.69, 9.17) is 10.8 Å². The first-order chi connectivity index (χ1) is 8.30. The number of pyridine rings is 1. The highest BCUT2D eigenvalue weighted by Crippen LogP contribution is 2.18. The van der Waals surface area contributed by atoms with E-state index in [0.29, 0.717) is 12.2 Å². The Labute approximate surface area is 105 Å². The number of carbonyl (C=O) groups excluding carboxylic acids is 1. The summed E-state index contributed by atoms with van der Waals surface area (Å²) in [5.41, 5.74) is 4.88. The van der Waals surface area contributed by atoms with Crippen molar-refractivity contribution in [2.24, 2.45) is 5.73 Å². The minimum absolute atomic E-state index is 0.0650. The van der Waals surface area contributed by atoms with Crippen LogP contribution in [-0.4, -0.2) is 27.5 Å². The van der Waals surface area contributed by atoms with Gasteiger partial charge in [0.2, 0.25) is 0 Å². The molecule has 0 aliphatic carbocycles. The summed E-state index contributed by atoms with van der Waals surface area (Å²) in [4.78, 5) is 25.6. The number of nitrogens with zero attached hydrogens (tertiary/aromatic N) is 1. The van der Waals surface area contributed by atoms with Crippen molar-refractivity contribution in [2.75, 3.05) is 5.32 Å². The first kappa shape index (κ1) is 14.0. The predicted molar refractivity (Wildman–Crippen MR) is 67.3 cm³/mol.